The van der Waals surface area contributed by atoms with Crippen LogP contribution in [-0.2, 0) is 11.3 Å². The third kappa shape index (κ3) is 5.32. The predicted molar refractivity (Wildman–Crippen MR) is 71.7 cm³/mol. The van der Waals surface area contributed by atoms with Crippen molar-refractivity contribution in [1.29, 1.82) is 0 Å². The molecular formula is C15H22NO2. The predicted octanol–water partition coefficient (Wildman–Crippen LogP) is 2.89. The fraction of sp³-hybridized carbons (Fsp3) is 0.467. The Morgan fingerprint density at radius 2 is 1.72 bits per heavy atom. The van der Waals surface area contributed by atoms with Gasteiger partial charge in [-0.1, -0.05) is 12.1 Å². The summed E-state index contributed by atoms with van der Waals surface area (Å²) in [5.74, 6) is -0.296. The molecule has 0 saturated heterocycles. The second-order valence-corrected chi connectivity index (χ2v) is 6.14. The molecule has 99 valence electrons. The largest absolute Gasteiger partial charge is 0.478 e. The van der Waals surface area contributed by atoms with Crippen molar-refractivity contribution in [2.24, 2.45) is 0 Å². The molecule has 3 heteroatoms. The van der Waals surface area contributed by atoms with Crippen LogP contribution in [0.4, 0.5) is 0 Å². The normalized spacial score (nSPS) is 12.3. The summed E-state index contributed by atoms with van der Waals surface area (Å²) in [6.45, 7) is 6.28. The summed E-state index contributed by atoms with van der Waals surface area (Å²) in [5.41, 5.74) is 1.19. The topological polar surface area (TPSA) is 26.3 Å². The van der Waals surface area contributed by atoms with Crippen LogP contribution in [-0.4, -0.2) is 30.1 Å². The molecule has 0 spiro atoms. The highest BCUT2D eigenvalue weighted by molar-refractivity contribution is 5.89. The smallest absolute Gasteiger partial charge is 0.338 e. The van der Waals surface area contributed by atoms with Gasteiger partial charge in [-0.2, -0.15) is 0 Å². The Hall–Kier alpha value is -1.35. The second-order valence-electron chi connectivity index (χ2n) is 6.14. The number of ether oxygens (including phenoxy) is 1. The molecule has 0 unspecified atom stereocenters. The lowest BCUT2D eigenvalue weighted by molar-refractivity contribution is -0.859. The van der Waals surface area contributed by atoms with Gasteiger partial charge in [0.1, 0.15) is 5.60 Å². The molecule has 1 rings (SSSR count). The molecule has 0 bridgehead atoms. The first kappa shape index (κ1) is 14.7. The average Bonchev–Trinajstić information content (AvgIpc) is 2.13. The molecule has 0 fully saturated rings. The van der Waals surface area contributed by atoms with E-state index in [1.165, 1.54) is 0 Å². The van der Waals surface area contributed by atoms with E-state index in [-0.39, 0.29) is 5.97 Å². The van der Waals surface area contributed by atoms with E-state index in [1.54, 1.807) is 12.1 Å². The van der Waals surface area contributed by atoms with E-state index in [0.29, 0.717) is 16.6 Å². The first-order valence-electron chi connectivity index (χ1n) is 6.01. The van der Waals surface area contributed by atoms with Gasteiger partial charge in [0, 0.05) is 19.7 Å². The van der Waals surface area contributed by atoms with Crippen LogP contribution in [0.2, 0.25) is 0 Å². The van der Waals surface area contributed by atoms with Crippen LogP contribution in [0.3, 0.4) is 0 Å². The van der Waals surface area contributed by atoms with E-state index in [0.717, 1.165) is 5.56 Å². The van der Waals surface area contributed by atoms with E-state index in [2.05, 4.69) is 0 Å². The van der Waals surface area contributed by atoms with E-state index < -0.39 is 5.60 Å². The second kappa shape index (κ2) is 5.11. The highest BCUT2D eigenvalue weighted by Gasteiger charge is 2.17. The zero-order chi connectivity index (χ0) is 14.0. The molecule has 0 heterocycles. The number of benzene rings is 1. The number of nitrogens with zero attached hydrogens (tertiary/aromatic N) is 1. The van der Waals surface area contributed by atoms with Crippen molar-refractivity contribution < 1.29 is 14.0 Å². The third-order valence-electron chi connectivity index (χ3n) is 2.18. The maximum Gasteiger partial charge on any atom is 0.338 e. The van der Waals surface area contributed by atoms with Gasteiger partial charge in [0.05, 0.1) is 12.1 Å². The molecule has 0 aliphatic heterocycles. The number of esters is 1. The number of carbonyl (C=O) groups is 1. The quantitative estimate of drug-likeness (QED) is 0.467. The van der Waals surface area contributed by atoms with Crippen LogP contribution in [0.15, 0.2) is 24.3 Å². The molecule has 0 aliphatic carbocycles. The van der Waals surface area contributed by atoms with Gasteiger partial charge in [-0.15, -0.1) is 0 Å². The number of quaternary nitrogens is 1. The molecule has 1 aromatic carbocycles. The van der Waals surface area contributed by atoms with Crippen molar-refractivity contribution in [1.82, 2.24) is 0 Å². The molecule has 1 radical (unpaired) electrons. The van der Waals surface area contributed by atoms with Crippen molar-refractivity contribution in [2.45, 2.75) is 32.9 Å². The Morgan fingerprint density at radius 3 is 2.11 bits per heavy atom. The zero-order valence-electron chi connectivity index (χ0n) is 11.9. The molecule has 0 N–H and O–H groups in total. The summed E-state index contributed by atoms with van der Waals surface area (Å²) < 4.78 is 5.66. The SMILES string of the molecule is [CH-][N+](C)(C)Cc1ccc(C(=O)OC(C)(C)C)cc1. The van der Waals surface area contributed by atoms with Gasteiger partial charge in [0.25, 0.3) is 0 Å². The molecule has 1 aromatic rings. The molecule has 0 saturated carbocycles. The van der Waals surface area contributed by atoms with E-state index in [9.17, 15) is 4.79 Å². The van der Waals surface area contributed by atoms with Crippen LogP contribution in [0, 0.1) is 7.05 Å². The molecule has 0 aromatic heterocycles. The van der Waals surface area contributed by atoms with Gasteiger partial charge in [-0.25, -0.2) is 11.8 Å². The Balaban J connectivity index is 2.74. The summed E-state index contributed by atoms with van der Waals surface area (Å²) in [6.07, 6.45) is 0. The molecule has 3 nitrogen and oxygen atoms in total. The summed E-state index contributed by atoms with van der Waals surface area (Å²) in [6, 6.07) is 7.37. The van der Waals surface area contributed by atoms with Gasteiger partial charge >= 0.3 is 5.97 Å². The fourth-order valence-corrected chi connectivity index (χ4v) is 1.55. The molecule has 18 heavy (non-hydrogen) atoms. The van der Waals surface area contributed by atoms with E-state index >= 15 is 0 Å². The number of hydrogen-bond donors (Lipinski definition) is 0. The molecule has 0 amide bonds. The van der Waals surface area contributed by atoms with Crippen molar-refractivity contribution in [2.75, 3.05) is 14.1 Å². The molecule has 0 aliphatic rings. The minimum atomic E-state index is -0.466. The van der Waals surface area contributed by atoms with Crippen LogP contribution in [0.25, 0.3) is 0 Å². The highest BCUT2D eigenvalue weighted by atomic mass is 16.6. The van der Waals surface area contributed by atoms with Crippen molar-refractivity contribution in [3.05, 3.63) is 42.4 Å². The van der Waals surface area contributed by atoms with Crippen LogP contribution in [0.5, 0.6) is 0 Å². The van der Waals surface area contributed by atoms with Gasteiger partial charge in [-0.05, 0) is 32.9 Å². The lowest BCUT2D eigenvalue weighted by Crippen LogP contribution is -2.30. The van der Waals surface area contributed by atoms with Crippen molar-refractivity contribution in [3.63, 3.8) is 0 Å². The lowest BCUT2D eigenvalue weighted by Gasteiger charge is -2.34. The molecule has 0 atom stereocenters. The van der Waals surface area contributed by atoms with Crippen molar-refractivity contribution >= 4 is 5.97 Å². The lowest BCUT2D eigenvalue weighted by atomic mass is 10.1. The number of carbonyl (C=O) groups excluding carboxylic acids is 1. The average molecular weight is 248 g/mol. The Kier molecular flexibility index (Phi) is 4.17. The van der Waals surface area contributed by atoms with Gasteiger partial charge in [-0.3, -0.25) is 0 Å². The van der Waals surface area contributed by atoms with Crippen LogP contribution < -0.4 is 0 Å². The summed E-state index contributed by atoms with van der Waals surface area (Å²) in [4.78, 5) is 11.8. The van der Waals surface area contributed by atoms with Crippen LogP contribution in [0.1, 0.15) is 36.7 Å². The summed E-state index contributed by atoms with van der Waals surface area (Å²) in [5, 5.41) is 0. The van der Waals surface area contributed by atoms with Gasteiger partial charge in [0.2, 0.25) is 0 Å². The number of rotatable bonds is 3. The summed E-state index contributed by atoms with van der Waals surface area (Å²) in [7, 11) is 9.73. The monoisotopic (exact) mass is 248 g/mol. The maximum absolute atomic E-state index is 11.8. The Labute approximate surface area is 110 Å². The summed E-state index contributed by atoms with van der Waals surface area (Å²) >= 11 is 0. The molecular weight excluding hydrogens is 226 g/mol. The van der Waals surface area contributed by atoms with Crippen LogP contribution >= 0.6 is 0 Å². The third-order valence-corrected chi connectivity index (χ3v) is 2.18. The Bertz CT molecular complexity index is 408. The highest BCUT2D eigenvalue weighted by Crippen LogP contribution is 2.14. The fourth-order valence-electron chi connectivity index (χ4n) is 1.55. The van der Waals surface area contributed by atoms with E-state index in [4.69, 9.17) is 11.8 Å². The Morgan fingerprint density at radius 1 is 1.22 bits per heavy atom. The van der Waals surface area contributed by atoms with Gasteiger partial charge in [0.15, 0.2) is 0 Å². The minimum absolute atomic E-state index is 0.296. The minimum Gasteiger partial charge on any atom is -0.478 e. The zero-order valence-corrected chi connectivity index (χ0v) is 11.9. The maximum atomic E-state index is 11.8. The van der Waals surface area contributed by atoms with E-state index in [1.807, 2.05) is 47.0 Å². The van der Waals surface area contributed by atoms with Gasteiger partial charge < -0.3 is 9.22 Å². The standard InChI is InChI=1S/C15H22NO2/c1-15(2,3)18-14(17)13-9-7-12(8-10-13)11-16(4,5)6/h4,7-10H,11H2,1-3,5-6H3. The van der Waals surface area contributed by atoms with Crippen molar-refractivity contribution in [3.8, 4) is 0 Å². The first-order chi connectivity index (χ1) is 8.07. The number of hydrogen-bond acceptors (Lipinski definition) is 2. The first-order valence-corrected chi connectivity index (χ1v) is 6.01.